The lowest BCUT2D eigenvalue weighted by atomic mass is 10.2. The zero-order valence-electron chi connectivity index (χ0n) is 10.6. The standard InChI is InChI=1S/C12H17N3O3S/c1-8-2-4-11(10(13)6-8)19(17,18)14-7-9-3-5-12(16)15-9/h2,4,6,9,14H,3,5,7,13H2,1H3,(H,15,16). The van der Waals surface area contributed by atoms with Gasteiger partial charge in [-0.05, 0) is 31.0 Å². The molecular weight excluding hydrogens is 266 g/mol. The first kappa shape index (κ1) is 13.8. The highest BCUT2D eigenvalue weighted by Gasteiger charge is 2.24. The summed E-state index contributed by atoms with van der Waals surface area (Å²) in [7, 11) is -3.64. The fourth-order valence-corrected chi connectivity index (χ4v) is 3.22. The van der Waals surface area contributed by atoms with Crippen LogP contribution in [0.15, 0.2) is 23.1 Å². The van der Waals surface area contributed by atoms with Crippen molar-refractivity contribution in [3.05, 3.63) is 23.8 Å². The van der Waals surface area contributed by atoms with Crippen molar-refractivity contribution in [2.24, 2.45) is 0 Å². The molecule has 2 rings (SSSR count). The number of amides is 1. The van der Waals surface area contributed by atoms with Crippen LogP contribution in [0.1, 0.15) is 18.4 Å². The first-order valence-corrected chi connectivity index (χ1v) is 7.52. The molecule has 7 heteroatoms. The predicted octanol–water partition coefficient (Wildman–Crippen LogP) is 0.134. The summed E-state index contributed by atoms with van der Waals surface area (Å²) in [6.07, 6.45) is 1.09. The first-order chi connectivity index (χ1) is 8.88. The molecule has 1 atom stereocenters. The van der Waals surface area contributed by atoms with E-state index in [1.807, 2.05) is 6.92 Å². The van der Waals surface area contributed by atoms with Crippen molar-refractivity contribution in [2.75, 3.05) is 12.3 Å². The Kier molecular flexibility index (Phi) is 3.77. The fraction of sp³-hybridized carbons (Fsp3) is 0.417. The van der Waals surface area contributed by atoms with E-state index in [0.29, 0.717) is 12.8 Å². The molecule has 1 unspecified atom stereocenters. The molecule has 1 aliphatic heterocycles. The lowest BCUT2D eigenvalue weighted by Gasteiger charge is -2.13. The quantitative estimate of drug-likeness (QED) is 0.684. The van der Waals surface area contributed by atoms with Crippen molar-refractivity contribution in [3.63, 3.8) is 0 Å². The van der Waals surface area contributed by atoms with Gasteiger partial charge in [0, 0.05) is 19.0 Å². The summed E-state index contributed by atoms with van der Waals surface area (Å²) in [6.45, 7) is 2.02. The van der Waals surface area contributed by atoms with Gasteiger partial charge in [0.15, 0.2) is 0 Å². The van der Waals surface area contributed by atoms with Gasteiger partial charge < -0.3 is 11.1 Å². The lowest BCUT2D eigenvalue weighted by molar-refractivity contribution is -0.119. The summed E-state index contributed by atoms with van der Waals surface area (Å²) in [4.78, 5) is 11.1. The molecule has 0 aromatic heterocycles. The van der Waals surface area contributed by atoms with Crippen LogP contribution in [0.3, 0.4) is 0 Å². The largest absolute Gasteiger partial charge is 0.398 e. The van der Waals surface area contributed by atoms with Gasteiger partial charge in [-0.2, -0.15) is 0 Å². The zero-order chi connectivity index (χ0) is 14.0. The highest BCUT2D eigenvalue weighted by molar-refractivity contribution is 7.89. The van der Waals surface area contributed by atoms with Crippen molar-refractivity contribution >= 4 is 21.6 Å². The molecule has 0 aliphatic carbocycles. The Bertz CT molecular complexity index is 598. The Morgan fingerprint density at radius 3 is 2.79 bits per heavy atom. The van der Waals surface area contributed by atoms with Gasteiger partial charge in [0.25, 0.3) is 0 Å². The van der Waals surface area contributed by atoms with Crippen LogP contribution >= 0.6 is 0 Å². The summed E-state index contributed by atoms with van der Waals surface area (Å²) in [5.74, 6) is -0.0425. The zero-order valence-corrected chi connectivity index (χ0v) is 11.5. The number of benzene rings is 1. The Hall–Kier alpha value is -1.60. The molecule has 1 aromatic carbocycles. The van der Waals surface area contributed by atoms with Gasteiger partial charge in [0.05, 0.1) is 5.69 Å². The van der Waals surface area contributed by atoms with E-state index in [0.717, 1.165) is 5.56 Å². The molecule has 1 fully saturated rings. The van der Waals surface area contributed by atoms with Crippen LogP contribution in [-0.4, -0.2) is 26.9 Å². The molecule has 104 valence electrons. The topological polar surface area (TPSA) is 101 Å². The normalized spacial score (nSPS) is 19.4. The minimum Gasteiger partial charge on any atom is -0.398 e. The van der Waals surface area contributed by atoms with Crippen LogP contribution in [0.5, 0.6) is 0 Å². The van der Waals surface area contributed by atoms with Crippen LogP contribution in [0, 0.1) is 6.92 Å². The van der Waals surface area contributed by atoms with E-state index in [2.05, 4.69) is 10.0 Å². The number of carbonyl (C=O) groups is 1. The minimum absolute atomic E-state index is 0.0425. The number of carbonyl (C=O) groups excluding carboxylic acids is 1. The second kappa shape index (κ2) is 5.18. The van der Waals surface area contributed by atoms with Crippen LogP contribution in [-0.2, 0) is 14.8 Å². The van der Waals surface area contributed by atoms with Crippen molar-refractivity contribution in [3.8, 4) is 0 Å². The number of nitrogens with one attached hydrogen (secondary N) is 2. The average molecular weight is 283 g/mol. The molecule has 1 saturated heterocycles. The summed E-state index contributed by atoms with van der Waals surface area (Å²) in [5, 5.41) is 2.70. The molecule has 0 radical (unpaired) electrons. The third-order valence-corrected chi connectivity index (χ3v) is 4.56. The fourth-order valence-electron chi connectivity index (χ4n) is 2.03. The van der Waals surface area contributed by atoms with Gasteiger partial charge in [-0.3, -0.25) is 4.79 Å². The maximum Gasteiger partial charge on any atom is 0.242 e. The number of rotatable bonds is 4. The van der Waals surface area contributed by atoms with Crippen LogP contribution in [0.2, 0.25) is 0 Å². The SMILES string of the molecule is Cc1ccc(S(=O)(=O)NCC2CCC(=O)N2)c(N)c1. The Labute approximate surface area is 112 Å². The summed E-state index contributed by atoms with van der Waals surface area (Å²) in [6, 6.07) is 4.66. The Morgan fingerprint density at radius 1 is 1.47 bits per heavy atom. The third kappa shape index (κ3) is 3.24. The number of hydrogen-bond acceptors (Lipinski definition) is 4. The van der Waals surface area contributed by atoms with Crippen LogP contribution in [0.25, 0.3) is 0 Å². The van der Waals surface area contributed by atoms with Gasteiger partial charge in [-0.1, -0.05) is 6.07 Å². The second-order valence-electron chi connectivity index (χ2n) is 4.70. The van der Waals surface area contributed by atoms with Gasteiger partial charge >= 0.3 is 0 Å². The first-order valence-electron chi connectivity index (χ1n) is 6.03. The summed E-state index contributed by atoms with van der Waals surface area (Å²) >= 11 is 0. The number of nitrogen functional groups attached to an aromatic ring is 1. The molecule has 0 saturated carbocycles. The van der Waals surface area contributed by atoms with Gasteiger partial charge in [-0.15, -0.1) is 0 Å². The van der Waals surface area contributed by atoms with Crippen LogP contribution in [0.4, 0.5) is 5.69 Å². The highest BCUT2D eigenvalue weighted by atomic mass is 32.2. The molecule has 1 aliphatic rings. The number of sulfonamides is 1. The molecule has 1 amide bonds. The molecule has 6 nitrogen and oxygen atoms in total. The molecule has 1 heterocycles. The molecular formula is C12H17N3O3S. The maximum absolute atomic E-state index is 12.1. The third-order valence-electron chi connectivity index (χ3n) is 3.06. The van der Waals surface area contributed by atoms with E-state index in [9.17, 15) is 13.2 Å². The lowest BCUT2D eigenvalue weighted by Crippen LogP contribution is -2.38. The van der Waals surface area contributed by atoms with Crippen LogP contribution < -0.4 is 15.8 Å². The van der Waals surface area contributed by atoms with E-state index in [-0.39, 0.29) is 29.1 Å². The minimum atomic E-state index is -3.64. The van der Waals surface area contributed by atoms with Crippen molar-refractivity contribution in [1.29, 1.82) is 0 Å². The van der Waals surface area contributed by atoms with Crippen molar-refractivity contribution < 1.29 is 13.2 Å². The van der Waals surface area contributed by atoms with Gasteiger partial charge in [0.1, 0.15) is 4.90 Å². The molecule has 4 N–H and O–H groups in total. The summed E-state index contributed by atoms with van der Waals surface area (Å²) < 4.78 is 26.7. The molecule has 19 heavy (non-hydrogen) atoms. The number of hydrogen-bond donors (Lipinski definition) is 3. The second-order valence-corrected chi connectivity index (χ2v) is 6.43. The Morgan fingerprint density at radius 2 is 2.21 bits per heavy atom. The Balaban J connectivity index is 2.07. The van der Waals surface area contributed by atoms with E-state index in [1.54, 1.807) is 12.1 Å². The van der Waals surface area contributed by atoms with E-state index in [1.165, 1.54) is 6.07 Å². The molecule has 0 bridgehead atoms. The number of aryl methyl sites for hydroxylation is 1. The number of anilines is 1. The molecule has 1 aromatic rings. The highest BCUT2D eigenvalue weighted by Crippen LogP contribution is 2.19. The van der Waals surface area contributed by atoms with Gasteiger partial charge in [-0.25, -0.2) is 13.1 Å². The van der Waals surface area contributed by atoms with Crippen molar-refractivity contribution in [2.45, 2.75) is 30.7 Å². The smallest absolute Gasteiger partial charge is 0.242 e. The van der Waals surface area contributed by atoms with E-state index >= 15 is 0 Å². The average Bonchev–Trinajstić information content (AvgIpc) is 2.72. The van der Waals surface area contributed by atoms with E-state index in [4.69, 9.17) is 5.73 Å². The van der Waals surface area contributed by atoms with Crippen molar-refractivity contribution in [1.82, 2.24) is 10.0 Å². The number of nitrogens with two attached hydrogens (primary N) is 1. The summed E-state index contributed by atoms with van der Waals surface area (Å²) in [5.41, 5.74) is 6.85. The maximum atomic E-state index is 12.1. The van der Waals surface area contributed by atoms with Gasteiger partial charge in [0.2, 0.25) is 15.9 Å². The predicted molar refractivity (Wildman–Crippen MR) is 71.9 cm³/mol. The monoisotopic (exact) mass is 283 g/mol. The molecule has 0 spiro atoms. The van der Waals surface area contributed by atoms with E-state index < -0.39 is 10.0 Å².